The van der Waals surface area contributed by atoms with Crippen molar-refractivity contribution < 1.29 is 0 Å². The topological polar surface area (TPSA) is 32.3 Å². The third kappa shape index (κ3) is 3.40. The minimum atomic E-state index is 0.766. The fourth-order valence-electron chi connectivity index (χ4n) is 3.46. The highest BCUT2D eigenvalue weighted by atomic mass is 15.3. The Kier molecular flexibility index (Phi) is 4.82. The van der Waals surface area contributed by atoms with Crippen molar-refractivity contribution in [3.63, 3.8) is 0 Å². The van der Waals surface area contributed by atoms with Crippen molar-refractivity contribution in [1.29, 1.82) is 0 Å². The van der Waals surface area contributed by atoms with Crippen molar-refractivity contribution in [2.75, 3.05) is 29.4 Å². The predicted octanol–water partition coefficient (Wildman–Crippen LogP) is 4.90. The van der Waals surface area contributed by atoms with Crippen LogP contribution in [0.2, 0.25) is 0 Å². The highest BCUT2D eigenvalue weighted by Gasteiger charge is 2.19. The van der Waals surface area contributed by atoms with Gasteiger partial charge in [0.2, 0.25) is 5.95 Å². The Hall–Kier alpha value is -2.88. The van der Waals surface area contributed by atoms with E-state index in [-0.39, 0.29) is 0 Å². The van der Waals surface area contributed by atoms with Crippen LogP contribution in [0.1, 0.15) is 19.8 Å². The van der Waals surface area contributed by atoms with Gasteiger partial charge < -0.3 is 9.80 Å². The van der Waals surface area contributed by atoms with Crippen LogP contribution < -0.4 is 9.80 Å². The van der Waals surface area contributed by atoms with Gasteiger partial charge in [-0.25, -0.2) is 4.98 Å². The van der Waals surface area contributed by atoms with E-state index in [4.69, 9.17) is 9.97 Å². The lowest BCUT2D eigenvalue weighted by atomic mass is 10.1. The van der Waals surface area contributed by atoms with E-state index in [1.165, 1.54) is 12.8 Å². The Balaban J connectivity index is 1.81. The molecule has 4 rings (SSSR count). The molecule has 1 aliphatic heterocycles. The van der Waals surface area contributed by atoms with E-state index < -0.39 is 0 Å². The first kappa shape index (κ1) is 16.6. The SMILES string of the molecule is CCN(c1ccccc1)c1nc(-c2ccccc2)cc(N2CCCC2)n1. The van der Waals surface area contributed by atoms with E-state index in [1.54, 1.807) is 0 Å². The Morgan fingerprint density at radius 3 is 2.19 bits per heavy atom. The molecule has 0 bridgehead atoms. The van der Waals surface area contributed by atoms with Gasteiger partial charge in [0.15, 0.2) is 0 Å². The Bertz CT molecular complexity index is 843. The van der Waals surface area contributed by atoms with Gasteiger partial charge in [-0.1, -0.05) is 48.5 Å². The maximum atomic E-state index is 4.93. The molecule has 2 heterocycles. The first-order valence-corrected chi connectivity index (χ1v) is 9.37. The summed E-state index contributed by atoms with van der Waals surface area (Å²) in [6.45, 7) is 5.10. The van der Waals surface area contributed by atoms with Gasteiger partial charge >= 0.3 is 0 Å². The quantitative estimate of drug-likeness (QED) is 0.659. The van der Waals surface area contributed by atoms with Crippen LogP contribution in [0.15, 0.2) is 66.7 Å². The number of para-hydroxylation sites is 1. The maximum absolute atomic E-state index is 4.93. The zero-order valence-electron chi connectivity index (χ0n) is 15.2. The first-order chi connectivity index (χ1) is 12.8. The van der Waals surface area contributed by atoms with Gasteiger partial charge in [-0.15, -0.1) is 0 Å². The lowest BCUT2D eigenvalue weighted by Gasteiger charge is -2.24. The molecule has 132 valence electrons. The number of aromatic nitrogens is 2. The molecule has 1 saturated heterocycles. The van der Waals surface area contributed by atoms with Crippen LogP contribution in [0.25, 0.3) is 11.3 Å². The van der Waals surface area contributed by atoms with Crippen molar-refractivity contribution in [2.24, 2.45) is 0 Å². The lowest BCUT2D eigenvalue weighted by molar-refractivity contribution is 0.898. The third-order valence-corrected chi connectivity index (χ3v) is 4.83. The summed E-state index contributed by atoms with van der Waals surface area (Å²) in [6.07, 6.45) is 2.46. The highest BCUT2D eigenvalue weighted by Crippen LogP contribution is 2.29. The summed E-state index contributed by atoms with van der Waals surface area (Å²) in [7, 11) is 0. The number of benzene rings is 2. The number of anilines is 3. The number of rotatable bonds is 5. The van der Waals surface area contributed by atoms with Crippen LogP contribution in [0.5, 0.6) is 0 Å². The molecule has 0 spiro atoms. The van der Waals surface area contributed by atoms with Crippen LogP contribution in [0.3, 0.4) is 0 Å². The summed E-state index contributed by atoms with van der Waals surface area (Å²) in [4.78, 5) is 14.4. The molecule has 3 aromatic rings. The summed E-state index contributed by atoms with van der Waals surface area (Å²) < 4.78 is 0. The molecule has 1 aliphatic rings. The van der Waals surface area contributed by atoms with Gasteiger partial charge in [-0.3, -0.25) is 0 Å². The summed E-state index contributed by atoms with van der Waals surface area (Å²) in [5.41, 5.74) is 3.22. The average Bonchev–Trinajstić information content (AvgIpc) is 3.25. The summed E-state index contributed by atoms with van der Waals surface area (Å²) in [5.74, 6) is 1.79. The minimum absolute atomic E-state index is 0.766. The van der Waals surface area contributed by atoms with Crippen LogP contribution >= 0.6 is 0 Å². The molecule has 1 aromatic heterocycles. The van der Waals surface area contributed by atoms with Gasteiger partial charge in [0.25, 0.3) is 0 Å². The molecule has 0 N–H and O–H groups in total. The van der Waals surface area contributed by atoms with Gasteiger partial charge in [-0.2, -0.15) is 4.98 Å². The van der Waals surface area contributed by atoms with E-state index in [2.05, 4.69) is 71.3 Å². The molecule has 0 radical (unpaired) electrons. The maximum Gasteiger partial charge on any atom is 0.232 e. The molecule has 0 atom stereocenters. The Labute approximate surface area is 155 Å². The fraction of sp³-hybridized carbons (Fsp3) is 0.273. The largest absolute Gasteiger partial charge is 0.356 e. The molecule has 0 unspecified atom stereocenters. The smallest absolute Gasteiger partial charge is 0.232 e. The zero-order valence-corrected chi connectivity index (χ0v) is 15.2. The van der Waals surface area contributed by atoms with Crippen LogP contribution in [-0.2, 0) is 0 Å². The van der Waals surface area contributed by atoms with Crippen LogP contribution in [0, 0.1) is 0 Å². The van der Waals surface area contributed by atoms with E-state index in [0.29, 0.717) is 0 Å². The van der Waals surface area contributed by atoms with E-state index in [1.807, 2.05) is 12.1 Å². The number of hydrogen-bond acceptors (Lipinski definition) is 4. The second-order valence-corrected chi connectivity index (χ2v) is 6.55. The van der Waals surface area contributed by atoms with Gasteiger partial charge in [-0.05, 0) is 31.9 Å². The second kappa shape index (κ2) is 7.56. The molecule has 26 heavy (non-hydrogen) atoms. The van der Waals surface area contributed by atoms with Crippen LogP contribution in [0.4, 0.5) is 17.5 Å². The van der Waals surface area contributed by atoms with E-state index in [9.17, 15) is 0 Å². The fourth-order valence-corrected chi connectivity index (χ4v) is 3.46. The standard InChI is InChI=1S/C22H24N4/c1-2-26(19-13-7-4-8-14-19)22-23-20(18-11-5-3-6-12-18)17-21(24-22)25-15-9-10-16-25/h3-8,11-14,17H,2,9-10,15-16H2,1H3. The Morgan fingerprint density at radius 1 is 0.885 bits per heavy atom. The van der Waals surface area contributed by atoms with Crippen molar-refractivity contribution in [2.45, 2.75) is 19.8 Å². The van der Waals surface area contributed by atoms with Crippen molar-refractivity contribution in [3.05, 3.63) is 66.7 Å². The first-order valence-electron chi connectivity index (χ1n) is 9.37. The number of hydrogen-bond donors (Lipinski definition) is 0. The highest BCUT2D eigenvalue weighted by molar-refractivity contribution is 5.67. The normalized spacial score (nSPS) is 13.8. The Morgan fingerprint density at radius 2 is 1.54 bits per heavy atom. The minimum Gasteiger partial charge on any atom is -0.356 e. The summed E-state index contributed by atoms with van der Waals surface area (Å²) >= 11 is 0. The van der Waals surface area contributed by atoms with Gasteiger partial charge in [0, 0.05) is 37.0 Å². The molecule has 0 aliphatic carbocycles. The molecule has 2 aromatic carbocycles. The van der Waals surface area contributed by atoms with Crippen molar-refractivity contribution in [3.8, 4) is 11.3 Å². The summed E-state index contributed by atoms with van der Waals surface area (Å²) in [6, 6.07) is 22.9. The molecular formula is C22H24N4. The molecule has 0 saturated carbocycles. The van der Waals surface area contributed by atoms with Crippen molar-refractivity contribution in [1.82, 2.24) is 9.97 Å². The number of nitrogens with zero attached hydrogens (tertiary/aromatic N) is 4. The molecule has 4 heteroatoms. The molecule has 4 nitrogen and oxygen atoms in total. The van der Waals surface area contributed by atoms with Crippen LogP contribution in [-0.4, -0.2) is 29.6 Å². The van der Waals surface area contributed by atoms with Gasteiger partial charge in [0.05, 0.1) is 5.69 Å². The zero-order chi connectivity index (χ0) is 17.8. The summed E-state index contributed by atoms with van der Waals surface area (Å²) in [5, 5.41) is 0. The monoisotopic (exact) mass is 344 g/mol. The lowest BCUT2D eigenvalue weighted by Crippen LogP contribution is -2.23. The molecule has 1 fully saturated rings. The van der Waals surface area contributed by atoms with Gasteiger partial charge in [0.1, 0.15) is 5.82 Å². The van der Waals surface area contributed by atoms with E-state index in [0.717, 1.165) is 48.3 Å². The van der Waals surface area contributed by atoms with E-state index >= 15 is 0 Å². The third-order valence-electron chi connectivity index (χ3n) is 4.83. The second-order valence-electron chi connectivity index (χ2n) is 6.55. The van der Waals surface area contributed by atoms with Crippen molar-refractivity contribution >= 4 is 17.5 Å². The average molecular weight is 344 g/mol. The molecular weight excluding hydrogens is 320 g/mol. The molecule has 0 amide bonds. The predicted molar refractivity (Wildman–Crippen MR) is 108 cm³/mol.